The Morgan fingerprint density at radius 1 is 1.28 bits per heavy atom. The Morgan fingerprint density at radius 2 is 1.83 bits per heavy atom. The summed E-state index contributed by atoms with van der Waals surface area (Å²) < 4.78 is 0. The van der Waals surface area contributed by atoms with Gasteiger partial charge in [0, 0.05) is 12.6 Å². The Kier molecular flexibility index (Phi) is 8.40. The van der Waals surface area contributed by atoms with Crippen LogP contribution in [0.5, 0.6) is 0 Å². The molecule has 0 aromatic carbocycles. The minimum atomic E-state index is -0.175. The lowest BCUT2D eigenvalue weighted by Gasteiger charge is -2.29. The molecule has 1 N–H and O–H groups in total. The summed E-state index contributed by atoms with van der Waals surface area (Å²) in [5.41, 5.74) is 0. The quantitative estimate of drug-likeness (QED) is 0.721. The molecule has 0 heterocycles. The van der Waals surface area contributed by atoms with E-state index >= 15 is 0 Å². The van der Waals surface area contributed by atoms with Gasteiger partial charge in [0.2, 0.25) is 5.91 Å². The number of hydrogen-bond acceptors (Lipinski definition) is 3. The van der Waals surface area contributed by atoms with Crippen molar-refractivity contribution in [3.8, 4) is 6.07 Å². The molecule has 4 heteroatoms. The van der Waals surface area contributed by atoms with E-state index in [0.717, 1.165) is 19.4 Å². The van der Waals surface area contributed by atoms with Crippen LogP contribution in [0.15, 0.2) is 0 Å². The minimum Gasteiger partial charge on any atom is -0.352 e. The van der Waals surface area contributed by atoms with Crippen molar-refractivity contribution in [1.29, 1.82) is 5.26 Å². The molecule has 0 aromatic rings. The maximum absolute atomic E-state index is 12.1. The van der Waals surface area contributed by atoms with Crippen LogP contribution in [0.2, 0.25) is 0 Å². The monoisotopic (exact) mass is 253 g/mol. The van der Waals surface area contributed by atoms with Gasteiger partial charge in [-0.05, 0) is 33.2 Å². The van der Waals surface area contributed by atoms with Gasteiger partial charge >= 0.3 is 0 Å². The largest absolute Gasteiger partial charge is 0.352 e. The van der Waals surface area contributed by atoms with Gasteiger partial charge in [0.15, 0.2) is 0 Å². The van der Waals surface area contributed by atoms with E-state index in [-0.39, 0.29) is 23.9 Å². The molecule has 0 spiro atoms. The third-order valence-electron chi connectivity index (χ3n) is 3.39. The standard InChI is InChI=1S/C14H27N3O/c1-6-13(7-2)16-14(18)12(5)17(8-3)10-11(4)9-15/h11-13H,6-8,10H2,1-5H3,(H,16,18). The minimum absolute atomic E-state index is 0.0478. The Bertz CT molecular complexity index is 281. The predicted octanol–water partition coefficient (Wildman–Crippen LogP) is 2.16. The summed E-state index contributed by atoms with van der Waals surface area (Å²) in [7, 11) is 0. The molecule has 18 heavy (non-hydrogen) atoms. The Balaban J connectivity index is 4.44. The van der Waals surface area contributed by atoms with Gasteiger partial charge in [-0.3, -0.25) is 9.69 Å². The topological polar surface area (TPSA) is 56.1 Å². The number of hydrogen-bond donors (Lipinski definition) is 1. The van der Waals surface area contributed by atoms with Crippen LogP contribution in [-0.2, 0) is 4.79 Å². The molecule has 2 unspecified atom stereocenters. The Hall–Kier alpha value is -1.08. The smallest absolute Gasteiger partial charge is 0.237 e. The number of likely N-dealkylation sites (N-methyl/N-ethyl adjacent to an activating group) is 1. The molecule has 0 aliphatic rings. The molecule has 0 fully saturated rings. The van der Waals surface area contributed by atoms with Crippen LogP contribution in [0.3, 0.4) is 0 Å². The van der Waals surface area contributed by atoms with Gasteiger partial charge in [0.25, 0.3) is 0 Å². The van der Waals surface area contributed by atoms with Gasteiger partial charge in [0.05, 0.1) is 18.0 Å². The van der Waals surface area contributed by atoms with Crippen LogP contribution in [0.4, 0.5) is 0 Å². The molecule has 104 valence electrons. The average molecular weight is 253 g/mol. The van der Waals surface area contributed by atoms with Crippen LogP contribution in [0, 0.1) is 17.2 Å². The van der Waals surface area contributed by atoms with Crippen LogP contribution < -0.4 is 5.32 Å². The van der Waals surface area contributed by atoms with Crippen LogP contribution in [-0.4, -0.2) is 36.0 Å². The number of carbonyl (C=O) groups excluding carboxylic acids is 1. The summed E-state index contributed by atoms with van der Waals surface area (Å²) in [4.78, 5) is 14.2. The van der Waals surface area contributed by atoms with Gasteiger partial charge in [0.1, 0.15) is 0 Å². The second kappa shape index (κ2) is 8.93. The molecule has 4 nitrogen and oxygen atoms in total. The summed E-state index contributed by atoms with van der Waals surface area (Å²) in [5, 5.41) is 11.9. The molecular formula is C14H27N3O. The second-order valence-electron chi connectivity index (χ2n) is 4.82. The van der Waals surface area contributed by atoms with Gasteiger partial charge in [-0.2, -0.15) is 5.26 Å². The molecular weight excluding hydrogens is 226 g/mol. The first-order valence-corrected chi connectivity index (χ1v) is 6.94. The normalized spacial score (nSPS) is 14.3. The first-order chi connectivity index (χ1) is 8.49. The first kappa shape index (κ1) is 16.9. The number of rotatable bonds is 8. The van der Waals surface area contributed by atoms with E-state index < -0.39 is 0 Å². The molecule has 0 radical (unpaired) electrons. The highest BCUT2D eigenvalue weighted by Gasteiger charge is 2.22. The number of amides is 1. The van der Waals surface area contributed by atoms with Crippen LogP contribution in [0.25, 0.3) is 0 Å². The molecule has 2 atom stereocenters. The number of nitriles is 1. The molecule has 0 saturated carbocycles. The zero-order valence-electron chi connectivity index (χ0n) is 12.4. The van der Waals surface area contributed by atoms with E-state index in [1.54, 1.807) is 0 Å². The van der Waals surface area contributed by atoms with Crippen molar-refractivity contribution in [3.05, 3.63) is 0 Å². The number of nitrogens with zero attached hydrogens (tertiary/aromatic N) is 2. The second-order valence-corrected chi connectivity index (χ2v) is 4.82. The van der Waals surface area contributed by atoms with Crippen molar-refractivity contribution >= 4 is 5.91 Å². The van der Waals surface area contributed by atoms with Crippen molar-refractivity contribution in [3.63, 3.8) is 0 Å². The molecule has 1 amide bonds. The molecule has 0 bridgehead atoms. The lowest BCUT2D eigenvalue weighted by atomic mass is 10.1. The van der Waals surface area contributed by atoms with Crippen molar-refractivity contribution in [2.45, 2.75) is 59.5 Å². The fraction of sp³-hybridized carbons (Fsp3) is 0.857. The van der Waals surface area contributed by atoms with Crippen LogP contribution in [0.1, 0.15) is 47.5 Å². The van der Waals surface area contributed by atoms with Gasteiger partial charge in [-0.15, -0.1) is 0 Å². The summed E-state index contributed by atoms with van der Waals surface area (Å²) in [6.07, 6.45) is 1.91. The maximum atomic E-state index is 12.1. The van der Waals surface area contributed by atoms with E-state index in [4.69, 9.17) is 5.26 Å². The zero-order chi connectivity index (χ0) is 14.1. The summed E-state index contributed by atoms with van der Waals surface area (Å²) in [6.45, 7) is 11.4. The number of nitrogens with one attached hydrogen (secondary N) is 1. The predicted molar refractivity (Wildman–Crippen MR) is 74.0 cm³/mol. The average Bonchev–Trinajstić information content (AvgIpc) is 2.40. The highest BCUT2D eigenvalue weighted by atomic mass is 16.2. The van der Waals surface area contributed by atoms with Crippen LogP contribution >= 0.6 is 0 Å². The summed E-state index contributed by atoms with van der Waals surface area (Å²) in [6, 6.07) is 2.30. The Labute approximate surface area is 111 Å². The van der Waals surface area contributed by atoms with Gasteiger partial charge < -0.3 is 5.32 Å². The van der Waals surface area contributed by atoms with E-state index in [1.165, 1.54) is 0 Å². The lowest BCUT2D eigenvalue weighted by molar-refractivity contribution is -0.126. The molecule has 0 aromatic heterocycles. The van der Waals surface area contributed by atoms with E-state index in [9.17, 15) is 4.79 Å². The van der Waals surface area contributed by atoms with E-state index in [2.05, 4.69) is 25.2 Å². The summed E-state index contributed by atoms with van der Waals surface area (Å²) >= 11 is 0. The SMILES string of the molecule is CCC(CC)NC(=O)C(C)N(CC)CC(C)C#N. The molecule has 0 aliphatic heterocycles. The first-order valence-electron chi connectivity index (χ1n) is 6.94. The molecule has 0 rings (SSSR count). The maximum Gasteiger partial charge on any atom is 0.237 e. The van der Waals surface area contributed by atoms with Gasteiger partial charge in [-0.25, -0.2) is 0 Å². The van der Waals surface area contributed by atoms with Crippen molar-refractivity contribution in [2.24, 2.45) is 5.92 Å². The molecule has 0 aliphatic carbocycles. The van der Waals surface area contributed by atoms with Gasteiger partial charge in [-0.1, -0.05) is 20.8 Å². The molecule has 0 saturated heterocycles. The third kappa shape index (κ3) is 5.50. The highest BCUT2D eigenvalue weighted by Crippen LogP contribution is 2.06. The third-order valence-corrected chi connectivity index (χ3v) is 3.39. The van der Waals surface area contributed by atoms with E-state index in [0.29, 0.717) is 6.54 Å². The fourth-order valence-corrected chi connectivity index (χ4v) is 1.93. The van der Waals surface area contributed by atoms with Crippen molar-refractivity contribution in [2.75, 3.05) is 13.1 Å². The highest BCUT2D eigenvalue weighted by molar-refractivity contribution is 5.81. The Morgan fingerprint density at radius 3 is 2.22 bits per heavy atom. The number of carbonyl (C=O) groups is 1. The van der Waals surface area contributed by atoms with E-state index in [1.807, 2.05) is 25.7 Å². The van der Waals surface area contributed by atoms with Crippen molar-refractivity contribution in [1.82, 2.24) is 10.2 Å². The summed E-state index contributed by atoms with van der Waals surface area (Å²) in [5.74, 6) is 0.0176. The van der Waals surface area contributed by atoms with Crippen molar-refractivity contribution < 1.29 is 4.79 Å². The zero-order valence-corrected chi connectivity index (χ0v) is 12.4. The fourth-order valence-electron chi connectivity index (χ4n) is 1.93. The lowest BCUT2D eigenvalue weighted by Crippen LogP contribution is -2.49.